The lowest BCUT2D eigenvalue weighted by Gasteiger charge is -2.34. The number of halogens is 2. The van der Waals surface area contributed by atoms with Gasteiger partial charge in [-0.2, -0.15) is 0 Å². The van der Waals surface area contributed by atoms with E-state index in [-0.39, 0.29) is 18.6 Å². The van der Waals surface area contributed by atoms with Crippen LogP contribution < -0.4 is 0 Å². The van der Waals surface area contributed by atoms with Crippen molar-refractivity contribution in [3.05, 3.63) is 33.1 Å². The number of hydrogen-bond donors (Lipinski definition) is 1. The molecule has 1 atom stereocenters. The standard InChI is InChI=1S/C13H15FINO2/c14-9-4-5-12(15)11(7-9)13(18)16-6-2-1-3-10(16)8-17/h4-5,7,10,17H,1-3,6,8H2/t10-/m0/s1. The Kier molecular flexibility index (Phi) is 4.55. The molecule has 3 nitrogen and oxygen atoms in total. The Morgan fingerprint density at radius 2 is 2.28 bits per heavy atom. The molecule has 1 fully saturated rings. The van der Waals surface area contributed by atoms with Crippen molar-refractivity contribution in [2.45, 2.75) is 25.3 Å². The zero-order valence-electron chi connectivity index (χ0n) is 9.90. The second kappa shape index (κ2) is 5.97. The largest absolute Gasteiger partial charge is 0.394 e. The molecule has 0 aromatic heterocycles. The monoisotopic (exact) mass is 363 g/mol. The average molecular weight is 363 g/mol. The summed E-state index contributed by atoms with van der Waals surface area (Å²) in [6.45, 7) is 0.605. The van der Waals surface area contributed by atoms with Gasteiger partial charge in [0, 0.05) is 10.1 Å². The molecule has 1 N–H and O–H groups in total. The predicted octanol–water partition coefficient (Wildman–Crippen LogP) is 2.42. The van der Waals surface area contributed by atoms with Gasteiger partial charge in [-0.3, -0.25) is 4.79 Å². The summed E-state index contributed by atoms with van der Waals surface area (Å²) in [5.41, 5.74) is 0.385. The Morgan fingerprint density at radius 1 is 1.50 bits per heavy atom. The summed E-state index contributed by atoms with van der Waals surface area (Å²) < 4.78 is 14.0. The third-order valence-corrected chi connectivity index (χ3v) is 4.20. The van der Waals surface area contributed by atoms with Gasteiger partial charge in [0.05, 0.1) is 18.2 Å². The fraction of sp³-hybridized carbons (Fsp3) is 0.462. The molecule has 1 aromatic rings. The van der Waals surface area contributed by atoms with Gasteiger partial charge in [0.25, 0.3) is 5.91 Å². The normalized spacial score (nSPS) is 19.9. The van der Waals surface area contributed by atoms with Crippen LogP contribution in [-0.2, 0) is 0 Å². The highest BCUT2D eigenvalue weighted by molar-refractivity contribution is 14.1. The molecule has 0 aliphatic carbocycles. The van der Waals surface area contributed by atoms with Crippen LogP contribution in [0.25, 0.3) is 0 Å². The SMILES string of the molecule is O=C(c1cc(F)ccc1I)N1CCCC[C@H]1CO. The molecule has 0 saturated carbocycles. The van der Waals surface area contributed by atoms with Gasteiger partial charge in [-0.05, 0) is 60.1 Å². The van der Waals surface area contributed by atoms with Gasteiger partial charge < -0.3 is 10.0 Å². The highest BCUT2D eigenvalue weighted by Gasteiger charge is 2.28. The van der Waals surface area contributed by atoms with Gasteiger partial charge in [0.15, 0.2) is 0 Å². The van der Waals surface area contributed by atoms with Crippen molar-refractivity contribution in [3.63, 3.8) is 0 Å². The van der Waals surface area contributed by atoms with E-state index < -0.39 is 5.82 Å². The maximum Gasteiger partial charge on any atom is 0.255 e. The third kappa shape index (κ3) is 2.83. The summed E-state index contributed by atoms with van der Waals surface area (Å²) in [5, 5.41) is 9.31. The third-order valence-electron chi connectivity index (χ3n) is 3.26. The summed E-state index contributed by atoms with van der Waals surface area (Å²) in [5.74, 6) is -0.589. The molecule has 0 unspecified atom stereocenters. The Labute approximate surface area is 119 Å². The smallest absolute Gasteiger partial charge is 0.255 e. The fourth-order valence-corrected chi connectivity index (χ4v) is 2.84. The first-order valence-electron chi connectivity index (χ1n) is 6.00. The van der Waals surface area contributed by atoms with Crippen LogP contribution in [-0.4, -0.2) is 35.1 Å². The van der Waals surface area contributed by atoms with Gasteiger partial charge in [0.1, 0.15) is 5.82 Å². The zero-order valence-corrected chi connectivity index (χ0v) is 12.1. The molecule has 1 amide bonds. The molecule has 1 aliphatic rings. The molecule has 0 radical (unpaired) electrons. The number of aliphatic hydroxyl groups is 1. The van der Waals surface area contributed by atoms with Crippen molar-refractivity contribution in [3.8, 4) is 0 Å². The average Bonchev–Trinajstić information content (AvgIpc) is 2.40. The number of carbonyl (C=O) groups excluding carboxylic acids is 1. The van der Waals surface area contributed by atoms with Gasteiger partial charge in [-0.1, -0.05) is 0 Å². The van der Waals surface area contributed by atoms with Crippen LogP contribution in [0.2, 0.25) is 0 Å². The molecule has 0 spiro atoms. The van der Waals surface area contributed by atoms with E-state index in [4.69, 9.17) is 0 Å². The Bertz CT molecular complexity index is 453. The number of hydrogen-bond acceptors (Lipinski definition) is 2. The molecule has 1 heterocycles. The number of likely N-dealkylation sites (tertiary alicyclic amines) is 1. The molecule has 1 aromatic carbocycles. The van der Waals surface area contributed by atoms with Crippen LogP contribution in [0.4, 0.5) is 4.39 Å². The van der Waals surface area contributed by atoms with E-state index in [1.54, 1.807) is 11.0 Å². The maximum absolute atomic E-state index is 13.2. The van der Waals surface area contributed by atoms with Crippen LogP contribution in [0.3, 0.4) is 0 Å². The molecule has 1 aliphatic heterocycles. The number of carbonyl (C=O) groups is 1. The van der Waals surface area contributed by atoms with Crippen molar-refractivity contribution < 1.29 is 14.3 Å². The Balaban J connectivity index is 2.26. The highest BCUT2D eigenvalue weighted by Crippen LogP contribution is 2.22. The van der Waals surface area contributed by atoms with Crippen molar-refractivity contribution in [2.75, 3.05) is 13.2 Å². The number of nitrogens with zero attached hydrogens (tertiary/aromatic N) is 1. The van der Waals surface area contributed by atoms with Crippen LogP contribution >= 0.6 is 22.6 Å². The lowest BCUT2D eigenvalue weighted by atomic mass is 10.0. The fourth-order valence-electron chi connectivity index (χ4n) is 2.27. The number of rotatable bonds is 2. The summed E-state index contributed by atoms with van der Waals surface area (Å²) in [6.07, 6.45) is 2.78. The summed E-state index contributed by atoms with van der Waals surface area (Å²) in [4.78, 5) is 14.1. The van der Waals surface area contributed by atoms with Crippen molar-refractivity contribution in [1.29, 1.82) is 0 Å². The quantitative estimate of drug-likeness (QED) is 0.820. The molecule has 5 heteroatoms. The van der Waals surface area contributed by atoms with Gasteiger partial charge in [0.2, 0.25) is 0 Å². The summed E-state index contributed by atoms with van der Waals surface area (Å²) in [6, 6.07) is 4.08. The molecule has 18 heavy (non-hydrogen) atoms. The van der Waals surface area contributed by atoms with Gasteiger partial charge >= 0.3 is 0 Å². The lowest BCUT2D eigenvalue weighted by Crippen LogP contribution is -2.45. The predicted molar refractivity (Wildman–Crippen MR) is 74.9 cm³/mol. The number of aliphatic hydroxyl groups excluding tert-OH is 1. The highest BCUT2D eigenvalue weighted by atomic mass is 127. The summed E-state index contributed by atoms with van der Waals surface area (Å²) in [7, 11) is 0. The van der Waals surface area contributed by atoms with Crippen LogP contribution in [0.5, 0.6) is 0 Å². The first kappa shape index (κ1) is 13.7. The minimum absolute atomic E-state index is 0.0301. The van der Waals surface area contributed by atoms with E-state index >= 15 is 0 Å². The molecular weight excluding hydrogens is 348 g/mol. The van der Waals surface area contributed by atoms with Crippen LogP contribution in [0.1, 0.15) is 29.6 Å². The van der Waals surface area contributed by atoms with Crippen molar-refractivity contribution in [2.24, 2.45) is 0 Å². The van der Waals surface area contributed by atoms with Gasteiger partial charge in [-0.25, -0.2) is 4.39 Å². The van der Waals surface area contributed by atoms with E-state index in [0.29, 0.717) is 12.1 Å². The first-order chi connectivity index (χ1) is 8.63. The molecule has 2 rings (SSSR count). The van der Waals surface area contributed by atoms with E-state index in [1.165, 1.54) is 12.1 Å². The number of piperidine rings is 1. The van der Waals surface area contributed by atoms with E-state index in [1.807, 2.05) is 22.6 Å². The second-order valence-corrected chi connectivity index (χ2v) is 5.62. The topological polar surface area (TPSA) is 40.5 Å². The lowest BCUT2D eigenvalue weighted by molar-refractivity contribution is 0.0501. The Morgan fingerprint density at radius 3 is 3.00 bits per heavy atom. The van der Waals surface area contributed by atoms with E-state index in [9.17, 15) is 14.3 Å². The minimum Gasteiger partial charge on any atom is -0.394 e. The van der Waals surface area contributed by atoms with Crippen molar-refractivity contribution >= 4 is 28.5 Å². The van der Waals surface area contributed by atoms with Gasteiger partial charge in [-0.15, -0.1) is 0 Å². The molecule has 1 saturated heterocycles. The number of amides is 1. The molecule has 98 valence electrons. The van der Waals surface area contributed by atoms with Crippen molar-refractivity contribution in [1.82, 2.24) is 4.90 Å². The van der Waals surface area contributed by atoms with E-state index in [0.717, 1.165) is 22.8 Å². The molecule has 0 bridgehead atoms. The second-order valence-electron chi connectivity index (χ2n) is 4.45. The minimum atomic E-state index is -0.406. The van der Waals surface area contributed by atoms with Crippen LogP contribution in [0.15, 0.2) is 18.2 Å². The Hall–Kier alpha value is -0.690. The maximum atomic E-state index is 13.2. The zero-order chi connectivity index (χ0) is 13.1. The van der Waals surface area contributed by atoms with Crippen LogP contribution in [0, 0.1) is 9.39 Å². The summed E-state index contributed by atoms with van der Waals surface area (Å²) >= 11 is 2.03. The van der Waals surface area contributed by atoms with E-state index in [2.05, 4.69) is 0 Å². The first-order valence-corrected chi connectivity index (χ1v) is 7.08. The molecular formula is C13H15FINO2. The number of benzene rings is 1.